The molecular weight excluding hydrogens is 354 g/mol. The number of hydrogen-bond donors (Lipinski definition) is 3. The zero-order valence-electron chi connectivity index (χ0n) is 14.9. The largest absolute Gasteiger partial charge is 0.496 e. The number of aliphatic carboxylic acids is 2. The number of rotatable bonds is 6. The van der Waals surface area contributed by atoms with Crippen LogP contribution in [0.2, 0.25) is 0 Å². The topological polar surface area (TPSA) is 95.9 Å². The third-order valence-electron chi connectivity index (χ3n) is 3.46. The summed E-state index contributed by atoms with van der Waals surface area (Å²) in [6, 6.07) is 17.2. The van der Waals surface area contributed by atoms with Gasteiger partial charge in [-0.15, -0.1) is 0 Å². The molecule has 0 aromatic heterocycles. The van der Waals surface area contributed by atoms with Gasteiger partial charge >= 0.3 is 11.9 Å². The first-order chi connectivity index (χ1) is 12.4. The summed E-state index contributed by atoms with van der Waals surface area (Å²) >= 11 is 1.77. The van der Waals surface area contributed by atoms with Gasteiger partial charge in [0.1, 0.15) is 5.75 Å². The van der Waals surface area contributed by atoms with E-state index >= 15 is 0 Å². The van der Waals surface area contributed by atoms with Crippen LogP contribution in [0.15, 0.2) is 58.3 Å². The van der Waals surface area contributed by atoms with Crippen molar-refractivity contribution < 1.29 is 24.5 Å². The second-order valence-electron chi connectivity index (χ2n) is 5.36. The molecule has 140 valence electrons. The summed E-state index contributed by atoms with van der Waals surface area (Å²) in [6.07, 6.45) is 1.02. The van der Waals surface area contributed by atoms with E-state index in [-0.39, 0.29) is 0 Å². The number of nitrogens with one attached hydrogen (secondary N) is 1. The van der Waals surface area contributed by atoms with Crippen LogP contribution in [0.1, 0.15) is 12.5 Å². The third-order valence-corrected chi connectivity index (χ3v) is 4.64. The first kappa shape index (κ1) is 21.5. The molecule has 2 aromatic carbocycles. The summed E-state index contributed by atoms with van der Waals surface area (Å²) < 4.78 is 5.43. The summed E-state index contributed by atoms with van der Waals surface area (Å²) in [7, 11) is 3.72. The van der Waals surface area contributed by atoms with E-state index in [2.05, 4.69) is 42.6 Å². The lowest BCUT2D eigenvalue weighted by Crippen LogP contribution is -2.23. The normalized spacial score (nSPS) is 11.0. The van der Waals surface area contributed by atoms with E-state index in [0.29, 0.717) is 6.04 Å². The second kappa shape index (κ2) is 11.2. The Morgan fingerprint density at radius 3 is 2.12 bits per heavy atom. The number of hydrogen-bond acceptors (Lipinski definition) is 5. The first-order valence-corrected chi connectivity index (χ1v) is 8.73. The maximum absolute atomic E-state index is 9.10. The van der Waals surface area contributed by atoms with Crippen molar-refractivity contribution in [3.8, 4) is 5.75 Å². The Hall–Kier alpha value is -2.51. The van der Waals surface area contributed by atoms with Crippen molar-refractivity contribution in [1.82, 2.24) is 5.32 Å². The Kier molecular flexibility index (Phi) is 9.25. The van der Waals surface area contributed by atoms with E-state index in [1.165, 1.54) is 10.5 Å². The van der Waals surface area contributed by atoms with Crippen LogP contribution in [0.3, 0.4) is 0 Å². The Bertz CT molecular complexity index is 723. The molecule has 3 N–H and O–H groups in total. The minimum atomic E-state index is -1.82. The number of ether oxygens (including phenoxy) is 1. The van der Waals surface area contributed by atoms with Crippen LogP contribution in [0, 0.1) is 0 Å². The van der Waals surface area contributed by atoms with Crippen LogP contribution in [0.4, 0.5) is 0 Å². The molecule has 26 heavy (non-hydrogen) atoms. The molecule has 0 aliphatic rings. The number of carboxylic acids is 2. The quantitative estimate of drug-likeness (QED) is 0.666. The summed E-state index contributed by atoms with van der Waals surface area (Å²) in [6.45, 7) is 2.20. The molecule has 0 spiro atoms. The Morgan fingerprint density at radius 2 is 1.58 bits per heavy atom. The van der Waals surface area contributed by atoms with Gasteiger partial charge < -0.3 is 20.3 Å². The van der Waals surface area contributed by atoms with Gasteiger partial charge in [-0.2, -0.15) is 0 Å². The van der Waals surface area contributed by atoms with E-state index < -0.39 is 11.9 Å². The average molecular weight is 377 g/mol. The minimum absolute atomic E-state index is 0.467. The summed E-state index contributed by atoms with van der Waals surface area (Å²) in [5.41, 5.74) is 1.37. The van der Waals surface area contributed by atoms with E-state index in [1.54, 1.807) is 18.9 Å². The van der Waals surface area contributed by atoms with Crippen molar-refractivity contribution in [3.05, 3.63) is 54.1 Å². The van der Waals surface area contributed by atoms with Gasteiger partial charge in [0, 0.05) is 10.9 Å². The van der Waals surface area contributed by atoms with Crippen molar-refractivity contribution in [2.45, 2.75) is 29.2 Å². The molecule has 0 fully saturated rings. The van der Waals surface area contributed by atoms with E-state index in [0.717, 1.165) is 17.1 Å². The second-order valence-corrected chi connectivity index (χ2v) is 6.45. The van der Waals surface area contributed by atoms with Gasteiger partial charge in [-0.1, -0.05) is 42.1 Å². The monoisotopic (exact) mass is 377 g/mol. The predicted molar refractivity (Wildman–Crippen MR) is 101 cm³/mol. The van der Waals surface area contributed by atoms with Crippen LogP contribution >= 0.6 is 11.8 Å². The van der Waals surface area contributed by atoms with Gasteiger partial charge in [0.2, 0.25) is 0 Å². The highest BCUT2D eigenvalue weighted by molar-refractivity contribution is 7.99. The van der Waals surface area contributed by atoms with Gasteiger partial charge in [-0.05, 0) is 44.2 Å². The smallest absolute Gasteiger partial charge is 0.414 e. The molecule has 0 heterocycles. The molecule has 0 bridgehead atoms. The van der Waals surface area contributed by atoms with Crippen LogP contribution in [-0.4, -0.2) is 42.4 Å². The lowest BCUT2D eigenvalue weighted by molar-refractivity contribution is -0.159. The molecule has 6 nitrogen and oxygen atoms in total. The minimum Gasteiger partial charge on any atom is -0.496 e. The zero-order chi connectivity index (χ0) is 19.5. The average Bonchev–Trinajstić information content (AvgIpc) is 2.64. The fourth-order valence-electron chi connectivity index (χ4n) is 2.03. The van der Waals surface area contributed by atoms with Crippen LogP contribution in [0.5, 0.6) is 5.75 Å². The van der Waals surface area contributed by atoms with Crippen molar-refractivity contribution >= 4 is 23.7 Å². The molecule has 0 aliphatic carbocycles. The van der Waals surface area contributed by atoms with Crippen molar-refractivity contribution in [1.29, 1.82) is 0 Å². The SMILES string of the molecule is CNC(C)Cc1ccccc1Sc1ccccc1OC.O=C(O)C(=O)O. The van der Waals surface area contributed by atoms with E-state index in [1.807, 2.05) is 25.2 Å². The number of benzene rings is 2. The Labute approximate surface area is 157 Å². The molecule has 0 saturated heterocycles. The fourth-order valence-corrected chi connectivity index (χ4v) is 3.09. The highest BCUT2D eigenvalue weighted by Crippen LogP contribution is 2.36. The lowest BCUT2D eigenvalue weighted by Gasteiger charge is -2.14. The van der Waals surface area contributed by atoms with Gasteiger partial charge in [-0.25, -0.2) is 9.59 Å². The van der Waals surface area contributed by atoms with Crippen LogP contribution < -0.4 is 10.1 Å². The van der Waals surface area contributed by atoms with Crippen LogP contribution in [-0.2, 0) is 16.0 Å². The summed E-state index contributed by atoms with van der Waals surface area (Å²) in [5.74, 6) is -2.72. The number of carbonyl (C=O) groups is 2. The number of likely N-dealkylation sites (N-methyl/N-ethyl adjacent to an activating group) is 1. The predicted octanol–water partition coefficient (Wildman–Crippen LogP) is 3.15. The molecule has 0 saturated carbocycles. The standard InChI is InChI=1S/C17H21NOS.C2H2O4/c1-13(18-2)12-14-8-4-6-10-16(14)20-17-11-7-5-9-15(17)19-3;3-1(4)2(5)6/h4-11,13,18H,12H2,1-3H3;(H,3,4)(H,5,6). The van der Waals surface area contributed by atoms with Gasteiger partial charge in [0.05, 0.1) is 12.0 Å². The number of carboxylic acid groups (broad SMARTS) is 2. The van der Waals surface area contributed by atoms with Crippen molar-refractivity contribution in [2.75, 3.05) is 14.2 Å². The van der Waals surface area contributed by atoms with Gasteiger partial charge in [0.15, 0.2) is 0 Å². The molecule has 1 unspecified atom stereocenters. The fraction of sp³-hybridized carbons (Fsp3) is 0.263. The van der Waals surface area contributed by atoms with E-state index in [4.69, 9.17) is 24.5 Å². The lowest BCUT2D eigenvalue weighted by atomic mass is 10.1. The van der Waals surface area contributed by atoms with Crippen molar-refractivity contribution in [3.63, 3.8) is 0 Å². The first-order valence-electron chi connectivity index (χ1n) is 7.91. The maximum Gasteiger partial charge on any atom is 0.414 e. The maximum atomic E-state index is 9.10. The molecule has 7 heteroatoms. The van der Waals surface area contributed by atoms with Gasteiger partial charge in [-0.3, -0.25) is 0 Å². The van der Waals surface area contributed by atoms with Crippen molar-refractivity contribution in [2.24, 2.45) is 0 Å². The Morgan fingerprint density at radius 1 is 1.04 bits per heavy atom. The molecule has 0 aliphatic heterocycles. The summed E-state index contributed by atoms with van der Waals surface area (Å²) in [4.78, 5) is 20.6. The molecule has 1 atom stereocenters. The molecular formula is C19H23NO5S. The highest BCUT2D eigenvalue weighted by Gasteiger charge is 2.09. The molecule has 2 rings (SSSR count). The van der Waals surface area contributed by atoms with E-state index in [9.17, 15) is 0 Å². The molecule has 0 radical (unpaired) electrons. The summed E-state index contributed by atoms with van der Waals surface area (Å²) in [5, 5.41) is 18.1. The third kappa shape index (κ3) is 7.16. The number of methoxy groups -OCH3 is 1. The highest BCUT2D eigenvalue weighted by atomic mass is 32.2. The Balaban J connectivity index is 0.000000487. The van der Waals surface area contributed by atoms with Gasteiger partial charge in [0.25, 0.3) is 0 Å². The zero-order valence-corrected chi connectivity index (χ0v) is 15.7. The molecule has 0 amide bonds. The van der Waals surface area contributed by atoms with Crippen LogP contribution in [0.25, 0.3) is 0 Å². The molecule has 2 aromatic rings. The number of para-hydroxylation sites is 1.